The Bertz CT molecular complexity index is 448. The Morgan fingerprint density at radius 3 is 2.53 bits per heavy atom. The lowest BCUT2D eigenvalue weighted by Gasteiger charge is -2.09. The van der Waals surface area contributed by atoms with E-state index in [0.29, 0.717) is 5.75 Å². The van der Waals surface area contributed by atoms with E-state index in [-0.39, 0.29) is 13.0 Å². The Hall–Kier alpha value is -2.06. The summed E-state index contributed by atoms with van der Waals surface area (Å²) in [5, 5.41) is 17.6. The fraction of sp³-hybridized carbons (Fsp3) is 0.429. The molecule has 0 aliphatic rings. The molecule has 0 aliphatic heterocycles. The van der Waals surface area contributed by atoms with E-state index >= 15 is 0 Å². The third kappa shape index (κ3) is 5.89. The van der Waals surface area contributed by atoms with E-state index in [1.807, 2.05) is 6.07 Å². The quantitative estimate of drug-likeness (QED) is 0.786. The van der Waals surface area contributed by atoms with Gasteiger partial charge in [-0.1, -0.05) is 12.1 Å². The minimum absolute atomic E-state index is 0.114. The zero-order valence-electron chi connectivity index (χ0n) is 11.0. The summed E-state index contributed by atoms with van der Waals surface area (Å²) in [7, 11) is 0. The van der Waals surface area contributed by atoms with E-state index in [1.165, 1.54) is 6.92 Å². The van der Waals surface area contributed by atoms with Crippen molar-refractivity contribution in [3.05, 3.63) is 29.8 Å². The van der Waals surface area contributed by atoms with Crippen LogP contribution in [0.15, 0.2) is 24.3 Å². The number of aliphatic hydroxyl groups excluding tert-OH is 1. The van der Waals surface area contributed by atoms with Crippen molar-refractivity contribution >= 4 is 5.97 Å². The van der Waals surface area contributed by atoms with E-state index in [1.54, 1.807) is 31.2 Å². The summed E-state index contributed by atoms with van der Waals surface area (Å²) in [6.07, 6.45) is -1.15. The maximum Gasteiger partial charge on any atom is 0.311 e. The van der Waals surface area contributed by atoms with E-state index in [2.05, 4.69) is 0 Å². The molecule has 1 aromatic carbocycles. The standard InChI is InChI=1S/C14H17NO4/c1-10(16)9-18-13-5-3-12(4-6-13)7-14(17)19-11(2)8-15/h3-6,10-11,16H,7,9H2,1-2H3. The summed E-state index contributed by atoms with van der Waals surface area (Å²) in [4.78, 5) is 11.4. The predicted molar refractivity (Wildman–Crippen MR) is 68.5 cm³/mol. The molecule has 5 nitrogen and oxygen atoms in total. The number of hydrogen-bond donors (Lipinski definition) is 1. The van der Waals surface area contributed by atoms with Crippen LogP contribution < -0.4 is 4.74 Å². The molecule has 102 valence electrons. The lowest BCUT2D eigenvalue weighted by atomic mass is 10.1. The van der Waals surface area contributed by atoms with E-state index in [4.69, 9.17) is 19.8 Å². The van der Waals surface area contributed by atoms with Crippen molar-refractivity contribution in [1.82, 2.24) is 0 Å². The summed E-state index contributed by atoms with van der Waals surface area (Å²) < 4.78 is 10.1. The Kier molecular flexibility index (Phi) is 5.83. The van der Waals surface area contributed by atoms with Gasteiger partial charge in [-0.25, -0.2) is 0 Å². The Labute approximate surface area is 112 Å². The van der Waals surface area contributed by atoms with Gasteiger partial charge in [0.2, 0.25) is 0 Å². The van der Waals surface area contributed by atoms with Crippen molar-refractivity contribution < 1.29 is 19.4 Å². The van der Waals surface area contributed by atoms with E-state index in [9.17, 15) is 4.79 Å². The van der Waals surface area contributed by atoms with Crippen LogP contribution >= 0.6 is 0 Å². The number of ether oxygens (including phenoxy) is 2. The molecule has 0 aliphatic carbocycles. The van der Waals surface area contributed by atoms with Gasteiger partial charge in [-0.3, -0.25) is 4.79 Å². The molecule has 1 rings (SSSR count). The number of rotatable bonds is 6. The SMILES string of the molecule is CC(O)COc1ccc(CC(=O)OC(C)C#N)cc1. The average molecular weight is 263 g/mol. The molecule has 0 saturated carbocycles. The highest BCUT2D eigenvalue weighted by molar-refractivity contribution is 5.73. The fourth-order valence-corrected chi connectivity index (χ4v) is 1.35. The molecule has 1 aromatic rings. The van der Waals surface area contributed by atoms with Gasteiger partial charge in [0.1, 0.15) is 18.4 Å². The van der Waals surface area contributed by atoms with Crippen molar-refractivity contribution in [3.63, 3.8) is 0 Å². The molecular weight excluding hydrogens is 246 g/mol. The second-order valence-electron chi connectivity index (χ2n) is 4.24. The molecule has 2 unspecified atom stereocenters. The van der Waals surface area contributed by atoms with Gasteiger partial charge in [-0.15, -0.1) is 0 Å². The number of nitriles is 1. The molecule has 2 atom stereocenters. The molecule has 0 aromatic heterocycles. The number of benzene rings is 1. The van der Waals surface area contributed by atoms with Crippen LogP contribution in [-0.4, -0.2) is 29.9 Å². The second-order valence-corrected chi connectivity index (χ2v) is 4.24. The van der Waals surface area contributed by atoms with Gasteiger partial charge in [0.25, 0.3) is 0 Å². The van der Waals surface area contributed by atoms with E-state index in [0.717, 1.165) is 5.56 Å². The van der Waals surface area contributed by atoms with Crippen LogP contribution in [0.2, 0.25) is 0 Å². The maximum atomic E-state index is 11.4. The average Bonchev–Trinajstić information content (AvgIpc) is 2.37. The van der Waals surface area contributed by atoms with Crippen molar-refractivity contribution in [2.45, 2.75) is 32.5 Å². The first kappa shape index (κ1) is 15.0. The molecule has 0 amide bonds. The van der Waals surface area contributed by atoms with Gasteiger partial charge in [0.15, 0.2) is 6.10 Å². The first-order valence-electron chi connectivity index (χ1n) is 6.00. The van der Waals surface area contributed by atoms with Gasteiger partial charge in [0, 0.05) is 0 Å². The zero-order chi connectivity index (χ0) is 14.3. The molecular formula is C14H17NO4. The molecule has 19 heavy (non-hydrogen) atoms. The molecule has 5 heteroatoms. The highest BCUT2D eigenvalue weighted by Crippen LogP contribution is 2.13. The molecule has 0 radical (unpaired) electrons. The van der Waals surface area contributed by atoms with Gasteiger partial charge in [0.05, 0.1) is 12.5 Å². The van der Waals surface area contributed by atoms with Crippen LogP contribution in [0.4, 0.5) is 0 Å². The van der Waals surface area contributed by atoms with E-state index < -0.39 is 18.2 Å². The molecule has 0 heterocycles. The third-order valence-electron chi connectivity index (χ3n) is 2.25. The van der Waals surface area contributed by atoms with Gasteiger partial charge >= 0.3 is 5.97 Å². The minimum atomic E-state index is -0.735. The summed E-state index contributed by atoms with van der Waals surface area (Å²) in [5.41, 5.74) is 0.777. The van der Waals surface area contributed by atoms with Crippen molar-refractivity contribution in [1.29, 1.82) is 5.26 Å². The summed E-state index contributed by atoms with van der Waals surface area (Å²) >= 11 is 0. The number of carbonyl (C=O) groups is 1. The van der Waals surface area contributed by atoms with Crippen molar-refractivity contribution in [3.8, 4) is 11.8 Å². The maximum absolute atomic E-state index is 11.4. The van der Waals surface area contributed by atoms with Crippen LogP contribution in [-0.2, 0) is 16.0 Å². The normalized spacial score (nSPS) is 13.2. The lowest BCUT2D eigenvalue weighted by molar-refractivity contribution is -0.145. The predicted octanol–water partition coefficient (Wildman–Crippen LogP) is 1.44. The number of carbonyl (C=O) groups excluding carboxylic acids is 1. The Balaban J connectivity index is 2.48. The van der Waals surface area contributed by atoms with Crippen LogP contribution in [0.25, 0.3) is 0 Å². The Morgan fingerprint density at radius 1 is 1.37 bits per heavy atom. The fourth-order valence-electron chi connectivity index (χ4n) is 1.35. The van der Waals surface area contributed by atoms with Crippen LogP contribution in [0.3, 0.4) is 0 Å². The zero-order valence-corrected chi connectivity index (χ0v) is 11.0. The molecule has 0 saturated heterocycles. The largest absolute Gasteiger partial charge is 0.491 e. The number of aliphatic hydroxyl groups is 1. The second kappa shape index (κ2) is 7.39. The topological polar surface area (TPSA) is 79.6 Å². The number of hydrogen-bond acceptors (Lipinski definition) is 5. The molecule has 1 N–H and O–H groups in total. The third-order valence-corrected chi connectivity index (χ3v) is 2.25. The summed E-state index contributed by atoms with van der Waals surface area (Å²) in [5.74, 6) is 0.190. The van der Waals surface area contributed by atoms with Gasteiger partial charge in [-0.05, 0) is 31.5 Å². The van der Waals surface area contributed by atoms with Crippen molar-refractivity contribution in [2.75, 3.05) is 6.61 Å². The highest BCUT2D eigenvalue weighted by atomic mass is 16.5. The van der Waals surface area contributed by atoms with Gasteiger partial charge < -0.3 is 14.6 Å². The molecule has 0 fully saturated rings. The Morgan fingerprint density at radius 2 is 2.00 bits per heavy atom. The first-order chi connectivity index (χ1) is 9.01. The number of esters is 1. The molecule has 0 spiro atoms. The van der Waals surface area contributed by atoms with Crippen LogP contribution in [0.1, 0.15) is 19.4 Å². The lowest BCUT2D eigenvalue weighted by Crippen LogP contribution is -2.15. The summed E-state index contributed by atoms with van der Waals surface area (Å²) in [6.45, 7) is 3.38. The van der Waals surface area contributed by atoms with Crippen LogP contribution in [0, 0.1) is 11.3 Å². The smallest absolute Gasteiger partial charge is 0.311 e. The number of nitrogens with zero attached hydrogens (tertiary/aromatic N) is 1. The van der Waals surface area contributed by atoms with Gasteiger partial charge in [-0.2, -0.15) is 5.26 Å². The minimum Gasteiger partial charge on any atom is -0.491 e. The molecule has 0 bridgehead atoms. The first-order valence-corrected chi connectivity index (χ1v) is 6.00. The highest BCUT2D eigenvalue weighted by Gasteiger charge is 2.09. The van der Waals surface area contributed by atoms with Crippen molar-refractivity contribution in [2.24, 2.45) is 0 Å². The van der Waals surface area contributed by atoms with Crippen LogP contribution in [0.5, 0.6) is 5.75 Å². The summed E-state index contributed by atoms with van der Waals surface area (Å²) in [6, 6.07) is 8.76. The monoisotopic (exact) mass is 263 g/mol.